The van der Waals surface area contributed by atoms with Gasteiger partial charge < -0.3 is 28.5 Å². The number of allylic oxidation sites excluding steroid dienone is 4. The van der Waals surface area contributed by atoms with Crippen LogP contribution in [0, 0.1) is 0 Å². The van der Waals surface area contributed by atoms with Crippen molar-refractivity contribution in [2.24, 2.45) is 0 Å². The molecule has 0 aliphatic carbocycles. The number of carboxylic acids is 1. The second-order valence-corrected chi connectivity index (χ2v) is 17.4. The van der Waals surface area contributed by atoms with E-state index in [-0.39, 0.29) is 32.2 Å². The number of carboxylic acid groups (broad SMARTS) is 1. The van der Waals surface area contributed by atoms with Crippen molar-refractivity contribution in [1.29, 1.82) is 0 Å². The predicted octanol–water partition coefficient (Wildman–Crippen LogP) is 12.8. The third kappa shape index (κ3) is 41.9. The van der Waals surface area contributed by atoms with Gasteiger partial charge in [-0.05, 0) is 44.9 Å². The molecule has 0 bridgehead atoms. The Balaban J connectivity index is 4.38. The maximum atomic E-state index is 12.8. The molecule has 0 aromatic rings. The van der Waals surface area contributed by atoms with Crippen molar-refractivity contribution >= 4 is 17.9 Å². The number of aliphatic carboxylic acids is 1. The van der Waals surface area contributed by atoms with E-state index >= 15 is 0 Å². The zero-order chi connectivity index (χ0) is 42.8. The fourth-order valence-electron chi connectivity index (χ4n) is 6.69. The molecule has 9 nitrogen and oxygen atoms in total. The van der Waals surface area contributed by atoms with Crippen molar-refractivity contribution in [1.82, 2.24) is 0 Å². The SMILES string of the molecule is CCCCC/C=C\C/C=C\CCCCCCCC(=O)OC(COC(=O)CCCCCCCCCCCCCCCCCCCC)COC(OCC[N+](C)(C)C)C(=O)O. The van der Waals surface area contributed by atoms with Crippen molar-refractivity contribution in [2.75, 3.05) is 47.5 Å². The number of quaternary nitrogens is 1. The summed E-state index contributed by atoms with van der Waals surface area (Å²) in [6.45, 7) is 4.85. The minimum absolute atomic E-state index is 0.184. The average Bonchev–Trinajstić information content (AvgIpc) is 3.18. The number of unbranched alkanes of at least 4 members (excludes halogenated alkanes) is 25. The Bertz CT molecular complexity index is 1010. The Morgan fingerprint density at radius 3 is 1.40 bits per heavy atom. The van der Waals surface area contributed by atoms with E-state index in [1.54, 1.807) is 0 Å². The van der Waals surface area contributed by atoms with Gasteiger partial charge in [0.25, 0.3) is 6.29 Å². The molecular formula is C49H92NO8+. The molecule has 0 saturated heterocycles. The van der Waals surface area contributed by atoms with Crippen LogP contribution in [0.15, 0.2) is 24.3 Å². The number of esters is 2. The summed E-state index contributed by atoms with van der Waals surface area (Å²) in [4.78, 5) is 37.2. The molecule has 0 aliphatic rings. The summed E-state index contributed by atoms with van der Waals surface area (Å²) in [5.41, 5.74) is 0. The second-order valence-electron chi connectivity index (χ2n) is 17.4. The van der Waals surface area contributed by atoms with E-state index in [1.165, 1.54) is 122 Å². The summed E-state index contributed by atoms with van der Waals surface area (Å²) in [6, 6.07) is 0. The van der Waals surface area contributed by atoms with Crippen molar-refractivity contribution < 1.29 is 42.9 Å². The summed E-state index contributed by atoms with van der Waals surface area (Å²) in [5, 5.41) is 9.64. The first-order valence-electron chi connectivity index (χ1n) is 24.0. The number of carbonyl (C=O) groups is 3. The zero-order valence-corrected chi connectivity index (χ0v) is 38.5. The lowest BCUT2D eigenvalue weighted by Gasteiger charge is -2.25. The molecule has 0 amide bonds. The number of hydrogen-bond acceptors (Lipinski definition) is 7. The Hall–Kier alpha value is -2.23. The smallest absolute Gasteiger partial charge is 0.361 e. The van der Waals surface area contributed by atoms with E-state index in [4.69, 9.17) is 18.9 Å². The van der Waals surface area contributed by atoms with Crippen LogP contribution in [0.1, 0.15) is 213 Å². The zero-order valence-electron chi connectivity index (χ0n) is 38.5. The predicted molar refractivity (Wildman–Crippen MR) is 240 cm³/mol. The molecule has 9 heteroatoms. The molecule has 1 N–H and O–H groups in total. The van der Waals surface area contributed by atoms with Crippen LogP contribution in [-0.4, -0.2) is 87.4 Å². The summed E-state index contributed by atoms with van der Waals surface area (Å²) in [7, 11) is 5.96. The van der Waals surface area contributed by atoms with Crippen LogP contribution < -0.4 is 0 Å². The number of hydrogen-bond donors (Lipinski definition) is 1. The van der Waals surface area contributed by atoms with Gasteiger partial charge in [0.2, 0.25) is 0 Å². The highest BCUT2D eigenvalue weighted by atomic mass is 16.7. The summed E-state index contributed by atoms with van der Waals surface area (Å²) in [5.74, 6) is -2.01. The highest BCUT2D eigenvalue weighted by Crippen LogP contribution is 2.16. The van der Waals surface area contributed by atoms with Gasteiger partial charge in [-0.15, -0.1) is 0 Å². The molecule has 0 rings (SSSR count). The van der Waals surface area contributed by atoms with Crippen LogP contribution in [0.2, 0.25) is 0 Å². The first-order valence-corrected chi connectivity index (χ1v) is 24.0. The minimum atomic E-state index is -1.51. The first-order chi connectivity index (χ1) is 28.1. The van der Waals surface area contributed by atoms with Crippen LogP contribution in [0.5, 0.6) is 0 Å². The van der Waals surface area contributed by atoms with Gasteiger partial charge in [0.05, 0.1) is 34.4 Å². The third-order valence-electron chi connectivity index (χ3n) is 10.5. The number of ether oxygens (including phenoxy) is 4. The molecule has 0 heterocycles. The van der Waals surface area contributed by atoms with Crippen LogP contribution >= 0.6 is 0 Å². The summed E-state index contributed by atoms with van der Waals surface area (Å²) >= 11 is 0. The maximum absolute atomic E-state index is 12.8. The fraction of sp³-hybridized carbons (Fsp3) is 0.857. The molecule has 2 atom stereocenters. The molecule has 0 aromatic carbocycles. The van der Waals surface area contributed by atoms with Gasteiger partial charge >= 0.3 is 17.9 Å². The van der Waals surface area contributed by atoms with Gasteiger partial charge in [-0.3, -0.25) is 9.59 Å². The quantitative estimate of drug-likeness (QED) is 0.0213. The van der Waals surface area contributed by atoms with Crippen molar-refractivity contribution in [3.8, 4) is 0 Å². The number of carbonyl (C=O) groups excluding carboxylic acids is 2. The van der Waals surface area contributed by atoms with Gasteiger partial charge in [-0.2, -0.15) is 0 Å². The van der Waals surface area contributed by atoms with E-state index < -0.39 is 24.3 Å². The molecule has 0 aliphatic heterocycles. The molecule has 0 radical (unpaired) electrons. The highest BCUT2D eigenvalue weighted by molar-refractivity contribution is 5.71. The highest BCUT2D eigenvalue weighted by Gasteiger charge is 2.25. The van der Waals surface area contributed by atoms with Crippen LogP contribution in [0.3, 0.4) is 0 Å². The van der Waals surface area contributed by atoms with Crippen LogP contribution in [0.25, 0.3) is 0 Å². The lowest BCUT2D eigenvalue weighted by Crippen LogP contribution is -2.40. The number of likely N-dealkylation sites (N-methyl/N-ethyl adjacent to an activating group) is 1. The van der Waals surface area contributed by atoms with E-state index in [2.05, 4.69) is 38.2 Å². The Labute approximate surface area is 357 Å². The Morgan fingerprint density at radius 2 is 0.931 bits per heavy atom. The van der Waals surface area contributed by atoms with Crippen molar-refractivity contribution in [3.05, 3.63) is 24.3 Å². The van der Waals surface area contributed by atoms with Crippen LogP contribution in [0.4, 0.5) is 0 Å². The van der Waals surface area contributed by atoms with E-state index in [9.17, 15) is 19.5 Å². The van der Waals surface area contributed by atoms with Crippen LogP contribution in [-0.2, 0) is 33.3 Å². The fourth-order valence-corrected chi connectivity index (χ4v) is 6.69. The van der Waals surface area contributed by atoms with E-state index in [0.29, 0.717) is 23.9 Å². The first kappa shape index (κ1) is 55.8. The standard InChI is InChI=1S/C49H91NO8/c1-6-8-10-12-14-16-18-20-22-23-24-26-27-29-31-33-35-37-39-46(51)56-43-45(44-57-49(48(53)54)55-42-41-50(3,4)5)58-47(52)40-38-36-34-32-30-28-25-21-19-17-15-13-11-9-7-2/h15,17,21,25,45,49H,6-14,16,18-20,22-24,26-44H2,1-5H3/p+1/b17-15-,25-21-. The molecule has 58 heavy (non-hydrogen) atoms. The van der Waals surface area contributed by atoms with Gasteiger partial charge in [0, 0.05) is 12.8 Å². The molecular weight excluding hydrogens is 731 g/mol. The normalized spacial score (nSPS) is 13.1. The van der Waals surface area contributed by atoms with Gasteiger partial charge in [-0.1, -0.05) is 179 Å². The lowest BCUT2D eigenvalue weighted by atomic mass is 10.0. The van der Waals surface area contributed by atoms with Gasteiger partial charge in [-0.25, -0.2) is 4.79 Å². The van der Waals surface area contributed by atoms with E-state index in [1.807, 2.05) is 21.1 Å². The lowest BCUT2D eigenvalue weighted by molar-refractivity contribution is -0.870. The topological polar surface area (TPSA) is 108 Å². The molecule has 340 valence electrons. The van der Waals surface area contributed by atoms with Crippen molar-refractivity contribution in [3.63, 3.8) is 0 Å². The minimum Gasteiger partial charge on any atom is -0.477 e. The van der Waals surface area contributed by atoms with Gasteiger partial charge in [0.1, 0.15) is 13.2 Å². The largest absolute Gasteiger partial charge is 0.477 e. The van der Waals surface area contributed by atoms with Gasteiger partial charge in [0.15, 0.2) is 6.10 Å². The van der Waals surface area contributed by atoms with Crippen molar-refractivity contribution in [2.45, 2.75) is 225 Å². The Kier molecular flexibility index (Phi) is 39.9. The molecule has 0 fully saturated rings. The second kappa shape index (κ2) is 41.5. The molecule has 0 spiro atoms. The number of rotatable bonds is 44. The molecule has 0 aromatic heterocycles. The monoisotopic (exact) mass is 823 g/mol. The Morgan fingerprint density at radius 1 is 0.517 bits per heavy atom. The summed E-state index contributed by atoms with van der Waals surface area (Å²) < 4.78 is 22.8. The average molecular weight is 823 g/mol. The molecule has 0 saturated carbocycles. The third-order valence-corrected chi connectivity index (χ3v) is 10.5. The maximum Gasteiger partial charge on any atom is 0.361 e. The summed E-state index contributed by atoms with van der Waals surface area (Å²) in [6.07, 6.45) is 42.3. The number of nitrogens with zero attached hydrogens (tertiary/aromatic N) is 1. The van der Waals surface area contributed by atoms with E-state index in [0.717, 1.165) is 57.8 Å². The molecule has 2 unspecified atom stereocenters.